The Balaban J connectivity index is 1.62. The van der Waals surface area contributed by atoms with E-state index in [1.54, 1.807) is 26.0 Å². The van der Waals surface area contributed by atoms with Gasteiger partial charge in [0.25, 0.3) is 5.91 Å². The molecule has 218 valence electrons. The van der Waals surface area contributed by atoms with Crippen LogP contribution < -0.4 is 20.1 Å². The summed E-state index contributed by atoms with van der Waals surface area (Å²) in [6.45, 7) is 1.94. The van der Waals surface area contributed by atoms with Crippen LogP contribution >= 0.6 is 0 Å². The van der Waals surface area contributed by atoms with Crippen molar-refractivity contribution in [2.24, 2.45) is 5.92 Å². The Kier molecular flexibility index (Phi) is 10.2. The molecule has 0 spiro atoms. The molecular formula is C27H27F3N4O7. The average molecular weight is 577 g/mol. The summed E-state index contributed by atoms with van der Waals surface area (Å²) in [6, 6.07) is 11.0. The van der Waals surface area contributed by atoms with Crippen molar-refractivity contribution in [3.63, 3.8) is 0 Å². The maximum Gasteiger partial charge on any atom is 0.451 e. The number of ether oxygens (including phenoxy) is 2. The third-order valence-electron chi connectivity index (χ3n) is 5.70. The Hall–Kier alpha value is -4.75. The Morgan fingerprint density at radius 3 is 2.34 bits per heavy atom. The van der Waals surface area contributed by atoms with E-state index in [1.165, 1.54) is 0 Å². The second kappa shape index (κ2) is 13.5. The van der Waals surface area contributed by atoms with Crippen molar-refractivity contribution >= 4 is 34.3 Å². The molecule has 0 unspecified atom stereocenters. The first-order chi connectivity index (χ1) is 19.3. The summed E-state index contributed by atoms with van der Waals surface area (Å²) >= 11 is 0. The molecule has 2 amide bonds. The first-order valence-corrected chi connectivity index (χ1v) is 12.3. The van der Waals surface area contributed by atoms with E-state index in [0.29, 0.717) is 5.75 Å². The molecule has 2 atom stereocenters. The van der Waals surface area contributed by atoms with E-state index < -0.39 is 79.1 Å². The first-order valence-electron chi connectivity index (χ1n) is 12.3. The van der Waals surface area contributed by atoms with E-state index in [0.717, 1.165) is 23.0 Å². The Morgan fingerprint density at radius 2 is 1.66 bits per heavy atom. The largest absolute Gasteiger partial charge is 0.483 e. The molecule has 3 N–H and O–H groups in total. The van der Waals surface area contributed by atoms with E-state index in [9.17, 15) is 37.5 Å². The van der Waals surface area contributed by atoms with Crippen molar-refractivity contribution < 1.29 is 46.9 Å². The molecule has 0 fully saturated rings. The van der Waals surface area contributed by atoms with Gasteiger partial charge in [0.15, 0.2) is 19.0 Å². The number of aliphatic carboxylic acids is 1. The zero-order chi connectivity index (χ0) is 30.2. The molecular weight excluding hydrogens is 549 g/mol. The molecule has 41 heavy (non-hydrogen) atoms. The summed E-state index contributed by atoms with van der Waals surface area (Å²) < 4.78 is 49.1. The zero-order valence-electron chi connectivity index (χ0n) is 22.0. The minimum Gasteiger partial charge on any atom is -0.483 e. The minimum atomic E-state index is -4.85. The topological polar surface area (TPSA) is 157 Å². The van der Waals surface area contributed by atoms with Gasteiger partial charge in [-0.25, -0.2) is 4.98 Å². The highest BCUT2D eigenvalue weighted by Crippen LogP contribution is 2.27. The lowest BCUT2D eigenvalue weighted by molar-refractivity contribution is -0.145. The van der Waals surface area contributed by atoms with Gasteiger partial charge >= 0.3 is 12.1 Å². The average Bonchev–Trinajstić information content (AvgIpc) is 2.92. The van der Waals surface area contributed by atoms with Gasteiger partial charge in [0.1, 0.15) is 17.8 Å². The number of Topliss-reactive ketones (excluding diaryl/α,β-unsaturated/α-hetero) is 1. The van der Waals surface area contributed by atoms with Crippen LogP contribution in [0.3, 0.4) is 0 Å². The third-order valence-corrected chi connectivity index (χ3v) is 5.70. The maximum absolute atomic E-state index is 13.0. The van der Waals surface area contributed by atoms with Crippen molar-refractivity contribution in [1.29, 1.82) is 0 Å². The Morgan fingerprint density at radius 1 is 0.951 bits per heavy atom. The summed E-state index contributed by atoms with van der Waals surface area (Å²) in [5.41, 5.74) is 0. The number of carboxylic acids is 1. The van der Waals surface area contributed by atoms with Crippen LogP contribution in [-0.4, -0.2) is 63.9 Å². The number of alkyl halides is 3. The zero-order valence-corrected chi connectivity index (χ0v) is 22.0. The molecule has 0 saturated heterocycles. The number of amides is 2. The number of carbonyl (C=O) groups is 4. The van der Waals surface area contributed by atoms with Gasteiger partial charge < -0.3 is 25.2 Å². The number of ketones is 1. The molecule has 0 aliphatic rings. The predicted molar refractivity (Wildman–Crippen MR) is 138 cm³/mol. The number of hydrogen-bond acceptors (Lipinski definition) is 8. The molecule has 0 aliphatic carbocycles. The van der Waals surface area contributed by atoms with Crippen LogP contribution in [0.25, 0.3) is 10.8 Å². The number of benzene rings is 2. The van der Waals surface area contributed by atoms with E-state index in [1.807, 2.05) is 30.3 Å². The number of carboxylic acid groups (broad SMARTS) is 1. The number of carbonyl (C=O) groups excluding carboxylic acids is 3. The second-order valence-electron chi connectivity index (χ2n) is 9.19. The van der Waals surface area contributed by atoms with Crippen LogP contribution in [0.4, 0.5) is 13.2 Å². The smallest absolute Gasteiger partial charge is 0.451 e. The Bertz CT molecular complexity index is 1410. The second-order valence-corrected chi connectivity index (χ2v) is 9.19. The van der Waals surface area contributed by atoms with E-state index >= 15 is 0 Å². The molecule has 1 heterocycles. The van der Waals surface area contributed by atoms with Crippen molar-refractivity contribution in [2.75, 3.05) is 13.2 Å². The van der Waals surface area contributed by atoms with Crippen LogP contribution in [0, 0.1) is 5.92 Å². The van der Waals surface area contributed by atoms with Crippen LogP contribution in [0.5, 0.6) is 11.6 Å². The van der Waals surface area contributed by atoms with E-state index in [2.05, 4.69) is 20.6 Å². The molecule has 0 bridgehead atoms. The molecule has 11 nitrogen and oxygen atoms in total. The summed E-state index contributed by atoms with van der Waals surface area (Å²) in [5, 5.41) is 15.7. The van der Waals surface area contributed by atoms with Crippen molar-refractivity contribution in [1.82, 2.24) is 20.6 Å². The number of aromatic nitrogens is 2. The van der Waals surface area contributed by atoms with Crippen LogP contribution in [-0.2, 0) is 25.4 Å². The summed E-state index contributed by atoms with van der Waals surface area (Å²) in [4.78, 5) is 55.9. The molecule has 2 aromatic carbocycles. The number of rotatable bonds is 13. The fourth-order valence-corrected chi connectivity index (χ4v) is 3.70. The third kappa shape index (κ3) is 8.88. The minimum absolute atomic E-state index is 0.422. The Labute approximate surface area is 232 Å². The summed E-state index contributed by atoms with van der Waals surface area (Å²) in [7, 11) is 0. The number of fused-ring (bicyclic) bond motifs is 1. The van der Waals surface area contributed by atoms with Crippen LogP contribution in [0.2, 0.25) is 0 Å². The number of hydrogen-bond donors (Lipinski definition) is 3. The maximum atomic E-state index is 13.0. The lowest BCUT2D eigenvalue weighted by Gasteiger charge is -2.24. The fraction of sp³-hybridized carbons (Fsp3) is 0.333. The lowest BCUT2D eigenvalue weighted by Crippen LogP contribution is -2.55. The van der Waals surface area contributed by atoms with Gasteiger partial charge in [0.2, 0.25) is 17.6 Å². The summed E-state index contributed by atoms with van der Waals surface area (Å²) in [6.07, 6.45) is -4.90. The highest BCUT2D eigenvalue weighted by Gasteiger charge is 2.35. The van der Waals surface area contributed by atoms with Crippen molar-refractivity contribution in [3.8, 4) is 11.6 Å². The highest BCUT2D eigenvalue weighted by atomic mass is 19.4. The summed E-state index contributed by atoms with van der Waals surface area (Å²) in [5.74, 6) is -5.94. The fourth-order valence-electron chi connectivity index (χ4n) is 3.70. The van der Waals surface area contributed by atoms with E-state index in [4.69, 9.17) is 9.47 Å². The number of halogens is 3. The quantitative estimate of drug-likeness (QED) is 0.278. The van der Waals surface area contributed by atoms with Gasteiger partial charge in [0, 0.05) is 17.6 Å². The molecule has 14 heteroatoms. The monoisotopic (exact) mass is 576 g/mol. The lowest BCUT2D eigenvalue weighted by atomic mass is 10.0. The molecule has 0 aliphatic heterocycles. The van der Waals surface area contributed by atoms with E-state index in [-0.39, 0.29) is 0 Å². The normalized spacial score (nSPS) is 12.8. The van der Waals surface area contributed by atoms with Gasteiger partial charge in [-0.1, -0.05) is 50.2 Å². The number of nitrogens with one attached hydrogen (secondary N) is 2. The van der Waals surface area contributed by atoms with Gasteiger partial charge in [-0.2, -0.15) is 18.2 Å². The van der Waals surface area contributed by atoms with Gasteiger partial charge in [-0.3, -0.25) is 19.2 Å². The first kappa shape index (κ1) is 30.8. The van der Waals surface area contributed by atoms with Gasteiger partial charge in [-0.15, -0.1) is 0 Å². The molecule has 3 aromatic rings. The van der Waals surface area contributed by atoms with Gasteiger partial charge in [0.05, 0.1) is 6.42 Å². The molecule has 3 rings (SSSR count). The van der Waals surface area contributed by atoms with Crippen molar-refractivity contribution in [2.45, 2.75) is 38.5 Å². The molecule has 1 aromatic heterocycles. The standard InChI is InChI=1S/C27H27F3N4O7/c1-15(2)24(33-21(36)14-40-20-9-5-7-16-6-3-4-8-17(16)20)25(39)32-18(12-23(37)38)19(35)13-41-22-10-11-31-26(34-22)27(28,29)30/h3-11,15,18,24H,12-14H2,1-2H3,(H,32,39)(H,33,36)(H,37,38)/t18-,24-/m0/s1. The van der Waals surface area contributed by atoms with Crippen molar-refractivity contribution in [3.05, 3.63) is 60.6 Å². The van der Waals surface area contributed by atoms with Gasteiger partial charge in [-0.05, 0) is 17.4 Å². The molecule has 0 saturated carbocycles. The predicted octanol–water partition coefficient (Wildman–Crippen LogP) is 2.78. The molecule has 0 radical (unpaired) electrons. The number of nitrogens with zero attached hydrogens (tertiary/aromatic N) is 2. The highest BCUT2D eigenvalue weighted by molar-refractivity contribution is 5.95. The SMILES string of the molecule is CC(C)[C@H](NC(=O)COc1cccc2ccccc12)C(=O)N[C@@H](CC(=O)O)C(=O)COc1ccnc(C(F)(F)F)n1. The van der Waals surface area contributed by atoms with Crippen LogP contribution in [0.1, 0.15) is 26.1 Å². The van der Waals surface area contributed by atoms with Crippen LogP contribution in [0.15, 0.2) is 54.7 Å².